The fraction of sp³-hybridized carbons (Fsp3) is 0.133. The number of nitro benzene ring substituents is 1. The number of rotatable bonds is 5. The lowest BCUT2D eigenvalue weighted by atomic mass is 10.1. The van der Waals surface area contributed by atoms with Gasteiger partial charge >= 0.3 is 0 Å². The van der Waals surface area contributed by atoms with E-state index in [0.717, 1.165) is 4.90 Å². The molecule has 0 atom stereocenters. The third-order valence-corrected chi connectivity index (χ3v) is 3.86. The van der Waals surface area contributed by atoms with Crippen LogP contribution in [0.15, 0.2) is 58.3 Å². The van der Waals surface area contributed by atoms with Gasteiger partial charge in [-0.15, -0.1) is 0 Å². The number of benzene rings is 2. The number of nitro groups is 1. The van der Waals surface area contributed by atoms with Gasteiger partial charge in [-0.25, -0.2) is 0 Å². The van der Waals surface area contributed by atoms with E-state index in [-0.39, 0.29) is 11.5 Å². The Morgan fingerprint density at radius 1 is 1.15 bits per heavy atom. The highest BCUT2D eigenvalue weighted by atomic mass is 32.2. The van der Waals surface area contributed by atoms with Crippen molar-refractivity contribution in [3.8, 4) is 0 Å². The van der Waals surface area contributed by atoms with Gasteiger partial charge in [-0.05, 0) is 18.2 Å². The highest BCUT2D eigenvalue weighted by molar-refractivity contribution is 7.99. The summed E-state index contributed by atoms with van der Waals surface area (Å²) in [7, 11) is 0. The van der Waals surface area contributed by atoms with E-state index in [4.69, 9.17) is 0 Å². The SMILES string of the molecule is CCC(=O)c1ccc(Sc2ccccc2[N+](=O)[O-])cc1. The summed E-state index contributed by atoms with van der Waals surface area (Å²) in [5.74, 6) is 0.0900. The fourth-order valence-corrected chi connectivity index (χ4v) is 2.65. The van der Waals surface area contributed by atoms with Crippen molar-refractivity contribution in [2.45, 2.75) is 23.1 Å². The summed E-state index contributed by atoms with van der Waals surface area (Å²) < 4.78 is 0. The number of hydrogen-bond acceptors (Lipinski definition) is 4. The molecular formula is C15H13NO3S. The molecule has 0 amide bonds. The van der Waals surface area contributed by atoms with Crippen LogP contribution in [0.3, 0.4) is 0 Å². The second kappa shape index (κ2) is 6.34. The number of para-hydroxylation sites is 1. The van der Waals surface area contributed by atoms with Crippen molar-refractivity contribution in [3.05, 3.63) is 64.2 Å². The first-order valence-corrected chi connectivity index (χ1v) is 6.98. The number of nitrogens with zero attached hydrogens (tertiary/aromatic N) is 1. The summed E-state index contributed by atoms with van der Waals surface area (Å²) in [4.78, 5) is 23.5. The molecule has 0 unspecified atom stereocenters. The third-order valence-electron chi connectivity index (χ3n) is 2.79. The number of carbonyl (C=O) groups excluding carboxylic acids is 1. The minimum absolute atomic E-state index is 0.0891. The van der Waals surface area contributed by atoms with E-state index in [2.05, 4.69) is 0 Å². The van der Waals surface area contributed by atoms with Crippen LogP contribution in [0.25, 0.3) is 0 Å². The number of hydrogen-bond donors (Lipinski definition) is 0. The van der Waals surface area contributed by atoms with Crippen molar-refractivity contribution in [1.82, 2.24) is 0 Å². The number of ketones is 1. The lowest BCUT2D eigenvalue weighted by molar-refractivity contribution is -0.387. The van der Waals surface area contributed by atoms with Crippen LogP contribution >= 0.6 is 11.8 Å². The average Bonchev–Trinajstić information content (AvgIpc) is 2.47. The van der Waals surface area contributed by atoms with E-state index < -0.39 is 4.92 Å². The van der Waals surface area contributed by atoms with Crippen LogP contribution in [0, 0.1) is 10.1 Å². The molecule has 2 aromatic rings. The van der Waals surface area contributed by atoms with Gasteiger partial charge in [0.05, 0.1) is 9.82 Å². The Morgan fingerprint density at radius 3 is 2.40 bits per heavy atom. The fourth-order valence-electron chi connectivity index (χ4n) is 1.73. The second-order valence-electron chi connectivity index (χ2n) is 4.13. The molecule has 2 rings (SSSR count). The van der Waals surface area contributed by atoms with Gasteiger partial charge in [-0.1, -0.05) is 43.0 Å². The van der Waals surface area contributed by atoms with Crippen LogP contribution in [0.5, 0.6) is 0 Å². The van der Waals surface area contributed by atoms with Crippen molar-refractivity contribution < 1.29 is 9.72 Å². The second-order valence-corrected chi connectivity index (χ2v) is 5.24. The van der Waals surface area contributed by atoms with Crippen LogP contribution in [0.1, 0.15) is 23.7 Å². The largest absolute Gasteiger partial charge is 0.294 e. The molecule has 2 aromatic carbocycles. The first-order chi connectivity index (χ1) is 9.61. The Labute approximate surface area is 121 Å². The average molecular weight is 287 g/mol. The molecule has 0 aromatic heterocycles. The van der Waals surface area contributed by atoms with Crippen LogP contribution in [0.4, 0.5) is 5.69 Å². The van der Waals surface area contributed by atoms with Crippen LogP contribution in [-0.2, 0) is 0 Å². The lowest BCUT2D eigenvalue weighted by Gasteiger charge is -2.04. The van der Waals surface area contributed by atoms with E-state index in [1.54, 1.807) is 30.3 Å². The first-order valence-electron chi connectivity index (χ1n) is 6.16. The molecule has 0 aliphatic carbocycles. The predicted octanol–water partition coefficient (Wildman–Crippen LogP) is 4.34. The zero-order chi connectivity index (χ0) is 14.5. The molecule has 5 heteroatoms. The Kier molecular flexibility index (Phi) is 4.53. The molecule has 0 bridgehead atoms. The Hall–Kier alpha value is -2.14. The molecule has 0 N–H and O–H groups in total. The highest BCUT2D eigenvalue weighted by Crippen LogP contribution is 2.34. The first kappa shape index (κ1) is 14.3. The van der Waals surface area contributed by atoms with E-state index in [1.165, 1.54) is 17.8 Å². The minimum Gasteiger partial charge on any atom is -0.294 e. The summed E-state index contributed by atoms with van der Waals surface area (Å²) in [6, 6.07) is 13.7. The van der Waals surface area contributed by atoms with Gasteiger partial charge in [0.15, 0.2) is 5.78 Å². The summed E-state index contributed by atoms with van der Waals surface area (Å²) >= 11 is 1.32. The van der Waals surface area contributed by atoms with Gasteiger partial charge in [-0.3, -0.25) is 14.9 Å². The molecule has 4 nitrogen and oxygen atoms in total. The normalized spacial score (nSPS) is 10.2. The zero-order valence-electron chi connectivity index (χ0n) is 10.9. The molecule has 0 fully saturated rings. The molecular weight excluding hydrogens is 274 g/mol. The summed E-state index contributed by atoms with van der Waals surface area (Å²) in [6.07, 6.45) is 0.469. The van der Waals surface area contributed by atoms with E-state index in [1.807, 2.05) is 19.1 Å². The Bertz CT molecular complexity index is 638. The quantitative estimate of drug-likeness (QED) is 0.466. The maximum absolute atomic E-state index is 11.5. The van der Waals surface area contributed by atoms with E-state index >= 15 is 0 Å². The third kappa shape index (κ3) is 3.24. The number of Topliss-reactive ketones (excluding diaryl/α,β-unsaturated/α-hetero) is 1. The van der Waals surface area contributed by atoms with Gasteiger partial charge in [-0.2, -0.15) is 0 Å². The van der Waals surface area contributed by atoms with Crippen LogP contribution in [-0.4, -0.2) is 10.7 Å². The van der Waals surface area contributed by atoms with E-state index in [9.17, 15) is 14.9 Å². The highest BCUT2D eigenvalue weighted by Gasteiger charge is 2.13. The summed E-state index contributed by atoms with van der Waals surface area (Å²) in [5.41, 5.74) is 0.755. The topological polar surface area (TPSA) is 60.2 Å². The van der Waals surface area contributed by atoms with Gasteiger partial charge in [0.1, 0.15) is 0 Å². The van der Waals surface area contributed by atoms with Crippen molar-refractivity contribution in [2.75, 3.05) is 0 Å². The molecule has 0 radical (unpaired) electrons. The Morgan fingerprint density at radius 2 is 1.80 bits per heavy atom. The summed E-state index contributed by atoms with van der Waals surface area (Å²) in [6.45, 7) is 1.82. The maximum Gasteiger partial charge on any atom is 0.283 e. The molecule has 0 aliphatic heterocycles. The molecule has 0 saturated heterocycles. The van der Waals surface area contributed by atoms with Gasteiger partial charge in [0, 0.05) is 22.9 Å². The molecule has 102 valence electrons. The van der Waals surface area contributed by atoms with Crippen molar-refractivity contribution in [1.29, 1.82) is 0 Å². The van der Waals surface area contributed by atoms with Crippen LogP contribution in [0.2, 0.25) is 0 Å². The monoisotopic (exact) mass is 287 g/mol. The van der Waals surface area contributed by atoms with Crippen LogP contribution < -0.4 is 0 Å². The molecule has 0 aliphatic rings. The summed E-state index contributed by atoms with van der Waals surface area (Å²) in [5, 5.41) is 10.9. The standard InChI is InChI=1S/C15H13NO3S/c1-2-14(17)11-7-9-12(10-8-11)20-15-6-4-3-5-13(15)16(18)19/h3-10H,2H2,1H3. The molecule has 0 saturated carbocycles. The molecule has 0 spiro atoms. The number of carbonyl (C=O) groups is 1. The van der Waals surface area contributed by atoms with Gasteiger partial charge in [0.2, 0.25) is 0 Å². The minimum atomic E-state index is -0.392. The molecule has 0 heterocycles. The van der Waals surface area contributed by atoms with Crippen molar-refractivity contribution >= 4 is 23.2 Å². The van der Waals surface area contributed by atoms with Crippen molar-refractivity contribution in [3.63, 3.8) is 0 Å². The zero-order valence-corrected chi connectivity index (χ0v) is 11.7. The Balaban J connectivity index is 2.23. The lowest BCUT2D eigenvalue weighted by Crippen LogP contribution is -1.95. The van der Waals surface area contributed by atoms with Gasteiger partial charge in [0.25, 0.3) is 5.69 Å². The molecule has 20 heavy (non-hydrogen) atoms. The maximum atomic E-state index is 11.5. The van der Waals surface area contributed by atoms with Gasteiger partial charge < -0.3 is 0 Å². The van der Waals surface area contributed by atoms with Crippen molar-refractivity contribution in [2.24, 2.45) is 0 Å². The smallest absolute Gasteiger partial charge is 0.283 e. The predicted molar refractivity (Wildman–Crippen MR) is 78.3 cm³/mol. The van der Waals surface area contributed by atoms with E-state index in [0.29, 0.717) is 16.9 Å².